The minimum atomic E-state index is -2.71. The molecule has 1 rings (SSSR count). The highest BCUT2D eigenvalue weighted by Gasteiger charge is 2.20. The molecule has 1 aromatic rings. The fraction of sp³-hybridized carbons (Fsp3) is 0.333. The lowest BCUT2D eigenvalue weighted by molar-refractivity contribution is 0.149. The summed E-state index contributed by atoms with van der Waals surface area (Å²) in [6.45, 7) is 0. The molecule has 0 bridgehead atoms. The first-order valence-corrected chi connectivity index (χ1v) is 4.90. The minimum Gasteiger partial charge on any atom is -0.244 e. The molecule has 0 amide bonds. The molecule has 0 aliphatic rings. The van der Waals surface area contributed by atoms with Gasteiger partial charge in [-0.1, -0.05) is 11.6 Å². The summed E-state index contributed by atoms with van der Waals surface area (Å²) in [5.41, 5.74) is 0.000170. The van der Waals surface area contributed by atoms with Crippen molar-refractivity contribution in [3.05, 3.63) is 28.0 Å². The third kappa shape index (κ3) is 2.55. The number of aromatic nitrogens is 1. The van der Waals surface area contributed by atoms with Gasteiger partial charge in [-0.15, -0.1) is 11.6 Å². The van der Waals surface area contributed by atoms with Crippen molar-refractivity contribution in [1.82, 2.24) is 4.98 Å². The number of nitriles is 1. The van der Waals surface area contributed by atoms with Gasteiger partial charge in [-0.2, -0.15) is 5.26 Å². The molecule has 0 N–H and O–H groups in total. The quantitative estimate of drug-likeness (QED) is 0.609. The molecule has 0 radical (unpaired) electrons. The first-order chi connectivity index (χ1) is 7.11. The van der Waals surface area contributed by atoms with Gasteiger partial charge in [0.05, 0.1) is 18.4 Å². The van der Waals surface area contributed by atoms with E-state index in [-0.39, 0.29) is 34.1 Å². The summed E-state index contributed by atoms with van der Waals surface area (Å²) in [5.74, 6) is -0.148. The Balaban J connectivity index is 3.36. The number of halogens is 4. The van der Waals surface area contributed by atoms with Gasteiger partial charge in [0.15, 0.2) is 0 Å². The predicted octanol–water partition coefficient (Wildman–Crippen LogP) is 3.48. The molecule has 0 fully saturated rings. The van der Waals surface area contributed by atoms with E-state index in [1.807, 2.05) is 0 Å². The molecule has 0 saturated carbocycles. The highest BCUT2D eigenvalue weighted by atomic mass is 35.5. The van der Waals surface area contributed by atoms with E-state index in [9.17, 15) is 8.78 Å². The fourth-order valence-corrected chi connectivity index (χ4v) is 1.77. The summed E-state index contributed by atoms with van der Waals surface area (Å²) < 4.78 is 25.4. The molecule has 6 heteroatoms. The van der Waals surface area contributed by atoms with Gasteiger partial charge in [0.1, 0.15) is 5.15 Å². The van der Waals surface area contributed by atoms with Crippen LogP contribution in [-0.2, 0) is 12.3 Å². The number of alkyl halides is 3. The predicted molar refractivity (Wildman–Crippen MR) is 53.1 cm³/mol. The molecule has 15 heavy (non-hydrogen) atoms. The molecule has 0 atom stereocenters. The lowest BCUT2D eigenvalue weighted by Gasteiger charge is -2.11. The van der Waals surface area contributed by atoms with Crippen molar-refractivity contribution in [1.29, 1.82) is 5.26 Å². The third-order valence-electron chi connectivity index (χ3n) is 1.88. The Hall–Kier alpha value is -0.920. The SMILES string of the molecule is N#CCc1cnc(Cl)c(CCl)c1C(F)F. The van der Waals surface area contributed by atoms with Crippen LogP contribution >= 0.6 is 23.2 Å². The van der Waals surface area contributed by atoms with Crippen molar-refractivity contribution < 1.29 is 8.78 Å². The maximum Gasteiger partial charge on any atom is 0.264 e. The monoisotopic (exact) mass is 250 g/mol. The number of pyridine rings is 1. The molecule has 80 valence electrons. The lowest BCUT2D eigenvalue weighted by Crippen LogP contribution is -2.02. The van der Waals surface area contributed by atoms with Crippen LogP contribution in [-0.4, -0.2) is 4.98 Å². The minimum absolute atomic E-state index is 0.0398. The number of hydrogen-bond donors (Lipinski definition) is 0. The topological polar surface area (TPSA) is 36.7 Å². The van der Waals surface area contributed by atoms with Gasteiger partial charge < -0.3 is 0 Å². The highest BCUT2D eigenvalue weighted by molar-refractivity contribution is 6.31. The summed E-state index contributed by atoms with van der Waals surface area (Å²) in [6.07, 6.45) is -1.65. The first kappa shape index (κ1) is 12.2. The smallest absolute Gasteiger partial charge is 0.244 e. The van der Waals surface area contributed by atoms with Crippen LogP contribution in [0.15, 0.2) is 6.20 Å². The van der Waals surface area contributed by atoms with Crippen LogP contribution in [0.5, 0.6) is 0 Å². The molecule has 0 aliphatic heterocycles. The van der Waals surface area contributed by atoms with Crippen LogP contribution in [0.2, 0.25) is 5.15 Å². The lowest BCUT2D eigenvalue weighted by atomic mass is 10.0. The van der Waals surface area contributed by atoms with E-state index in [0.717, 1.165) is 0 Å². The van der Waals surface area contributed by atoms with Crippen LogP contribution in [0.3, 0.4) is 0 Å². The van der Waals surface area contributed by atoms with Crippen molar-refractivity contribution in [3.63, 3.8) is 0 Å². The van der Waals surface area contributed by atoms with Crippen LogP contribution in [0.4, 0.5) is 8.78 Å². The Morgan fingerprint density at radius 3 is 2.67 bits per heavy atom. The molecule has 1 heterocycles. The van der Waals surface area contributed by atoms with Crippen LogP contribution in [0, 0.1) is 11.3 Å². The second-order valence-electron chi connectivity index (χ2n) is 2.74. The fourth-order valence-electron chi connectivity index (χ4n) is 1.21. The van der Waals surface area contributed by atoms with E-state index in [2.05, 4.69) is 4.98 Å². The van der Waals surface area contributed by atoms with Gasteiger partial charge in [-0.05, 0) is 5.56 Å². The van der Waals surface area contributed by atoms with Crippen molar-refractivity contribution in [3.8, 4) is 6.07 Å². The van der Waals surface area contributed by atoms with E-state index < -0.39 is 6.43 Å². The summed E-state index contributed by atoms with van der Waals surface area (Å²) in [7, 11) is 0. The summed E-state index contributed by atoms with van der Waals surface area (Å²) in [6, 6.07) is 1.79. The summed E-state index contributed by atoms with van der Waals surface area (Å²) in [5, 5.41) is 8.43. The standard InChI is InChI=1S/C9H6Cl2F2N2/c10-3-6-7(9(12)13)5(1-2-14)4-15-8(6)11/h4,9H,1,3H2. The second-order valence-corrected chi connectivity index (χ2v) is 3.36. The first-order valence-electron chi connectivity index (χ1n) is 3.99. The molecule has 0 spiro atoms. The van der Waals surface area contributed by atoms with Gasteiger partial charge in [-0.25, -0.2) is 13.8 Å². The molecule has 1 aromatic heterocycles. The van der Waals surface area contributed by atoms with Gasteiger partial charge in [-0.3, -0.25) is 0 Å². The van der Waals surface area contributed by atoms with E-state index in [0.29, 0.717) is 0 Å². The van der Waals surface area contributed by atoms with Crippen LogP contribution < -0.4 is 0 Å². The Morgan fingerprint density at radius 2 is 2.20 bits per heavy atom. The summed E-state index contributed by atoms with van der Waals surface area (Å²) in [4.78, 5) is 3.71. The van der Waals surface area contributed by atoms with Gasteiger partial charge in [0.2, 0.25) is 0 Å². The highest BCUT2D eigenvalue weighted by Crippen LogP contribution is 2.31. The van der Waals surface area contributed by atoms with Crippen molar-refractivity contribution in [2.45, 2.75) is 18.7 Å². The normalized spacial score (nSPS) is 10.4. The largest absolute Gasteiger partial charge is 0.264 e. The van der Waals surface area contributed by atoms with Crippen molar-refractivity contribution in [2.24, 2.45) is 0 Å². The Kier molecular flexibility index (Phi) is 4.25. The summed E-state index contributed by atoms with van der Waals surface area (Å²) >= 11 is 11.1. The van der Waals surface area contributed by atoms with E-state index in [1.54, 1.807) is 6.07 Å². The zero-order valence-electron chi connectivity index (χ0n) is 7.48. The molecule has 0 saturated heterocycles. The maximum absolute atomic E-state index is 12.7. The Morgan fingerprint density at radius 1 is 1.53 bits per heavy atom. The number of hydrogen-bond acceptors (Lipinski definition) is 2. The van der Waals surface area contributed by atoms with Gasteiger partial charge in [0.25, 0.3) is 6.43 Å². The van der Waals surface area contributed by atoms with Gasteiger partial charge in [0, 0.05) is 17.3 Å². The maximum atomic E-state index is 12.7. The molecule has 2 nitrogen and oxygen atoms in total. The zero-order valence-corrected chi connectivity index (χ0v) is 8.99. The van der Waals surface area contributed by atoms with E-state index >= 15 is 0 Å². The van der Waals surface area contributed by atoms with Crippen LogP contribution in [0.25, 0.3) is 0 Å². The number of nitrogens with zero attached hydrogens (tertiary/aromatic N) is 2. The molecular weight excluding hydrogens is 245 g/mol. The van der Waals surface area contributed by atoms with E-state index in [4.69, 9.17) is 28.5 Å². The Labute approximate surface area is 95.4 Å². The molecular formula is C9H6Cl2F2N2. The number of rotatable bonds is 3. The van der Waals surface area contributed by atoms with Crippen molar-refractivity contribution >= 4 is 23.2 Å². The molecule has 0 aliphatic carbocycles. The van der Waals surface area contributed by atoms with Crippen LogP contribution in [0.1, 0.15) is 23.1 Å². The average molecular weight is 251 g/mol. The third-order valence-corrected chi connectivity index (χ3v) is 2.47. The van der Waals surface area contributed by atoms with E-state index in [1.165, 1.54) is 6.20 Å². The molecule has 0 aromatic carbocycles. The van der Waals surface area contributed by atoms with Crippen molar-refractivity contribution in [2.75, 3.05) is 0 Å². The second kappa shape index (κ2) is 5.24. The molecule has 0 unspecified atom stereocenters. The Bertz CT molecular complexity index is 402. The average Bonchev–Trinajstić information content (AvgIpc) is 2.20. The zero-order chi connectivity index (χ0) is 11.4. The van der Waals surface area contributed by atoms with Gasteiger partial charge >= 0.3 is 0 Å².